The van der Waals surface area contributed by atoms with E-state index < -0.39 is 38.8 Å². The Kier molecular flexibility index (Phi) is 2.70. The molecule has 1 aliphatic rings. The van der Waals surface area contributed by atoms with Crippen LogP contribution in [0.2, 0.25) is 0 Å². The molecule has 0 saturated carbocycles. The first-order chi connectivity index (χ1) is 8.63. The number of alkyl halides is 2. The summed E-state index contributed by atoms with van der Waals surface area (Å²) in [5.74, 6) is -4.72. The van der Waals surface area contributed by atoms with Gasteiger partial charge in [-0.15, -0.1) is 0 Å². The Morgan fingerprint density at radius 1 is 1.37 bits per heavy atom. The van der Waals surface area contributed by atoms with Crippen LogP contribution in [-0.2, 0) is 19.1 Å². The van der Waals surface area contributed by atoms with Gasteiger partial charge >= 0.3 is 22.2 Å². The minimum atomic E-state index is -4.64. The van der Waals surface area contributed by atoms with Gasteiger partial charge in [-0.05, 0) is 12.1 Å². The molecule has 0 bridgehead atoms. The summed E-state index contributed by atoms with van der Waals surface area (Å²) in [6.45, 7) is 0. The molecule has 0 atom stereocenters. The van der Waals surface area contributed by atoms with Crippen LogP contribution in [0, 0.1) is 0 Å². The van der Waals surface area contributed by atoms with E-state index >= 15 is 0 Å². The number of ether oxygens (including phenoxy) is 1. The van der Waals surface area contributed by atoms with E-state index in [0.29, 0.717) is 6.07 Å². The van der Waals surface area contributed by atoms with E-state index in [9.17, 15) is 31.9 Å². The average Bonchev–Trinajstić information content (AvgIpc) is 2.48. The van der Waals surface area contributed by atoms with Gasteiger partial charge in [-0.2, -0.15) is 17.2 Å². The Bertz CT molecular complexity index is 680. The summed E-state index contributed by atoms with van der Waals surface area (Å²) in [6, 6.07) is 2.23. The van der Waals surface area contributed by atoms with Gasteiger partial charge in [-0.3, -0.25) is 0 Å². The normalized spacial score (nSPS) is 16.6. The number of hydrogen-bond acceptors (Lipinski definition) is 7. The molecular formula is C9H3F2O7S-. The van der Waals surface area contributed by atoms with Crippen LogP contribution >= 0.6 is 0 Å². The van der Waals surface area contributed by atoms with Gasteiger partial charge in [0.25, 0.3) is 0 Å². The quantitative estimate of drug-likeness (QED) is 0.675. The molecule has 1 aromatic rings. The fourth-order valence-electron chi connectivity index (χ4n) is 1.32. The van der Waals surface area contributed by atoms with Crippen molar-refractivity contribution in [2.24, 2.45) is 0 Å². The monoisotopic (exact) mass is 293 g/mol. The first kappa shape index (κ1) is 13.2. The van der Waals surface area contributed by atoms with E-state index in [1.165, 1.54) is 0 Å². The molecule has 0 aromatic heterocycles. The summed E-state index contributed by atoms with van der Waals surface area (Å²) in [6.07, 6.45) is -4.64. The summed E-state index contributed by atoms with van der Waals surface area (Å²) >= 11 is 0. The molecule has 2 rings (SSSR count). The maximum Gasteiger partial charge on any atom is 0.441 e. The lowest BCUT2D eigenvalue weighted by Crippen LogP contribution is -2.45. The van der Waals surface area contributed by atoms with E-state index in [-0.39, 0.29) is 5.56 Å². The van der Waals surface area contributed by atoms with Gasteiger partial charge in [-0.25, -0.2) is 4.79 Å². The lowest BCUT2D eigenvalue weighted by molar-refractivity contribution is -0.350. The van der Waals surface area contributed by atoms with E-state index in [4.69, 9.17) is 0 Å². The largest absolute Gasteiger partial charge is 0.541 e. The third-order valence-electron chi connectivity index (χ3n) is 2.11. The van der Waals surface area contributed by atoms with Gasteiger partial charge in [0.2, 0.25) is 0 Å². The second-order valence-corrected chi connectivity index (χ2v) is 4.90. The molecule has 102 valence electrons. The number of benzene rings is 1. The first-order valence-electron chi connectivity index (χ1n) is 4.54. The highest BCUT2D eigenvalue weighted by Crippen LogP contribution is 2.32. The Morgan fingerprint density at radius 3 is 2.58 bits per heavy atom. The standard InChI is InChI=1S/C9H4F2O7S/c10-9(11,8(13)14)17-4-1-2-5-6(3-4)19(15,16)18-7(5)12/h1-3H,(H,13,14)/p-1. The highest BCUT2D eigenvalue weighted by Gasteiger charge is 2.38. The second kappa shape index (κ2) is 3.88. The third kappa shape index (κ3) is 2.21. The number of carbonyl (C=O) groups is 2. The van der Waals surface area contributed by atoms with Gasteiger partial charge in [0.05, 0.1) is 5.56 Å². The number of aliphatic carboxylic acids is 1. The maximum absolute atomic E-state index is 12.7. The molecule has 0 spiro atoms. The van der Waals surface area contributed by atoms with Crippen molar-refractivity contribution in [3.63, 3.8) is 0 Å². The molecule has 1 aromatic carbocycles. The van der Waals surface area contributed by atoms with Gasteiger partial charge in [0.1, 0.15) is 10.6 Å². The minimum Gasteiger partial charge on any atom is -0.541 e. The average molecular weight is 293 g/mol. The summed E-state index contributed by atoms with van der Waals surface area (Å²) < 4.78 is 55.8. The molecule has 0 amide bonds. The number of carbonyl (C=O) groups excluding carboxylic acids is 2. The van der Waals surface area contributed by atoms with Crippen molar-refractivity contribution in [1.29, 1.82) is 0 Å². The maximum atomic E-state index is 12.7. The van der Waals surface area contributed by atoms with Crippen LogP contribution in [0.25, 0.3) is 0 Å². The Morgan fingerprint density at radius 2 is 2.00 bits per heavy atom. The molecule has 1 aliphatic heterocycles. The zero-order chi connectivity index (χ0) is 14.4. The molecule has 1 heterocycles. The zero-order valence-electron chi connectivity index (χ0n) is 8.75. The summed E-state index contributed by atoms with van der Waals surface area (Å²) in [5, 5.41) is 10.1. The lowest BCUT2D eigenvalue weighted by Gasteiger charge is -2.18. The van der Waals surface area contributed by atoms with E-state index in [1.54, 1.807) is 0 Å². The van der Waals surface area contributed by atoms with Crippen LogP contribution in [0.1, 0.15) is 10.4 Å². The molecule has 0 saturated heterocycles. The number of rotatable bonds is 3. The second-order valence-electron chi connectivity index (χ2n) is 3.39. The highest BCUT2D eigenvalue weighted by molar-refractivity contribution is 7.87. The Labute approximate surface area is 104 Å². The van der Waals surface area contributed by atoms with Crippen molar-refractivity contribution < 1.29 is 40.8 Å². The summed E-state index contributed by atoms with van der Waals surface area (Å²) in [5.41, 5.74) is -0.357. The number of carboxylic acid groups (broad SMARTS) is 1. The molecule has 0 N–H and O–H groups in total. The van der Waals surface area contributed by atoms with Crippen molar-refractivity contribution in [2.45, 2.75) is 11.0 Å². The van der Waals surface area contributed by atoms with Crippen molar-refractivity contribution in [1.82, 2.24) is 0 Å². The van der Waals surface area contributed by atoms with Gasteiger partial charge in [0.15, 0.2) is 5.97 Å². The van der Waals surface area contributed by atoms with Crippen LogP contribution in [0.4, 0.5) is 8.78 Å². The number of hydrogen-bond donors (Lipinski definition) is 0. The summed E-state index contributed by atoms with van der Waals surface area (Å²) in [7, 11) is -4.39. The van der Waals surface area contributed by atoms with Crippen molar-refractivity contribution in [3.05, 3.63) is 23.8 Å². The summed E-state index contributed by atoms with van der Waals surface area (Å²) in [4.78, 5) is 20.5. The molecular weight excluding hydrogens is 290 g/mol. The van der Waals surface area contributed by atoms with Gasteiger partial charge < -0.3 is 18.8 Å². The van der Waals surface area contributed by atoms with Crippen LogP contribution in [0.5, 0.6) is 5.75 Å². The zero-order valence-corrected chi connectivity index (χ0v) is 9.57. The van der Waals surface area contributed by atoms with Crippen LogP contribution in [-0.4, -0.2) is 26.5 Å². The van der Waals surface area contributed by atoms with Crippen LogP contribution < -0.4 is 9.84 Å². The molecule has 0 unspecified atom stereocenters. The predicted molar refractivity (Wildman–Crippen MR) is 49.6 cm³/mol. The smallest absolute Gasteiger partial charge is 0.441 e. The number of fused-ring (bicyclic) bond motifs is 1. The third-order valence-corrected chi connectivity index (χ3v) is 3.36. The van der Waals surface area contributed by atoms with E-state index in [0.717, 1.165) is 12.1 Å². The van der Waals surface area contributed by atoms with E-state index in [1.807, 2.05) is 0 Å². The van der Waals surface area contributed by atoms with Gasteiger partial charge in [0, 0.05) is 6.07 Å². The SMILES string of the molecule is O=C1OS(=O)(=O)c2cc(OC(F)(F)C(=O)[O-])ccc21. The number of halogens is 2. The number of carboxylic acids is 1. The molecule has 0 radical (unpaired) electrons. The minimum absolute atomic E-state index is 0.357. The van der Waals surface area contributed by atoms with Crippen LogP contribution in [0.3, 0.4) is 0 Å². The fraction of sp³-hybridized carbons (Fsp3) is 0.111. The van der Waals surface area contributed by atoms with Crippen molar-refractivity contribution in [3.8, 4) is 5.75 Å². The molecule has 7 nitrogen and oxygen atoms in total. The lowest BCUT2D eigenvalue weighted by atomic mass is 10.2. The highest BCUT2D eigenvalue weighted by atomic mass is 32.2. The first-order valence-corrected chi connectivity index (χ1v) is 5.95. The topological polar surface area (TPSA) is 110 Å². The molecule has 0 aliphatic carbocycles. The Balaban J connectivity index is 2.44. The van der Waals surface area contributed by atoms with Crippen molar-refractivity contribution >= 4 is 22.1 Å². The molecule has 19 heavy (non-hydrogen) atoms. The fourth-order valence-corrected chi connectivity index (χ4v) is 2.38. The van der Waals surface area contributed by atoms with Crippen molar-refractivity contribution in [2.75, 3.05) is 0 Å². The molecule has 0 fully saturated rings. The van der Waals surface area contributed by atoms with Crippen LogP contribution in [0.15, 0.2) is 23.1 Å². The molecule has 10 heteroatoms. The van der Waals surface area contributed by atoms with Gasteiger partial charge in [-0.1, -0.05) is 0 Å². The predicted octanol–water partition coefficient (Wildman–Crippen LogP) is -0.733. The Hall–Kier alpha value is -2.23. The van der Waals surface area contributed by atoms with E-state index in [2.05, 4.69) is 8.92 Å².